The Balaban J connectivity index is 3.12. The molecule has 0 fully saturated rings. The number of carbonyl (C=O) groups is 1. The summed E-state index contributed by atoms with van der Waals surface area (Å²) in [5.74, 6) is -0.153. The van der Waals surface area contributed by atoms with Gasteiger partial charge in [-0.3, -0.25) is 4.79 Å². The standard InChI is InChI=1S/C25H37FO2/c1-7-9-10-16-25(5,6)24(28)23(19(4)18(3)8-2)22(27)15-14-20-12-11-13-21(26)17-20/h11-13,17-18,28H,4,7-10,14-16H2,1-3,5-6H3/b24-23+. The van der Waals surface area contributed by atoms with Crippen molar-refractivity contribution in [2.75, 3.05) is 0 Å². The predicted octanol–water partition coefficient (Wildman–Crippen LogP) is 7.35. The molecule has 156 valence electrons. The molecule has 0 spiro atoms. The van der Waals surface area contributed by atoms with Gasteiger partial charge < -0.3 is 5.11 Å². The van der Waals surface area contributed by atoms with Crippen molar-refractivity contribution in [3.05, 3.63) is 59.1 Å². The van der Waals surface area contributed by atoms with Crippen molar-refractivity contribution >= 4 is 5.78 Å². The van der Waals surface area contributed by atoms with Crippen molar-refractivity contribution in [3.63, 3.8) is 0 Å². The van der Waals surface area contributed by atoms with E-state index in [-0.39, 0.29) is 29.7 Å². The van der Waals surface area contributed by atoms with Gasteiger partial charge in [-0.1, -0.05) is 72.6 Å². The van der Waals surface area contributed by atoms with Gasteiger partial charge in [0, 0.05) is 11.8 Å². The Hall–Kier alpha value is -1.90. The van der Waals surface area contributed by atoms with E-state index in [9.17, 15) is 14.3 Å². The molecular formula is C25H37FO2. The highest BCUT2D eigenvalue weighted by atomic mass is 19.1. The van der Waals surface area contributed by atoms with Crippen LogP contribution >= 0.6 is 0 Å². The number of Topliss-reactive ketones (excluding diaryl/α,β-unsaturated/α-hetero) is 1. The summed E-state index contributed by atoms with van der Waals surface area (Å²) in [5.41, 5.74) is 1.39. The summed E-state index contributed by atoms with van der Waals surface area (Å²) in [6.07, 6.45) is 5.56. The van der Waals surface area contributed by atoms with Gasteiger partial charge in [0.2, 0.25) is 0 Å². The molecule has 1 N–H and O–H groups in total. The third-order valence-electron chi connectivity index (χ3n) is 5.62. The van der Waals surface area contributed by atoms with Gasteiger partial charge >= 0.3 is 0 Å². The van der Waals surface area contributed by atoms with E-state index in [1.54, 1.807) is 6.07 Å². The molecule has 1 rings (SSSR count). The lowest BCUT2D eigenvalue weighted by Gasteiger charge is -2.28. The summed E-state index contributed by atoms with van der Waals surface area (Å²) in [4.78, 5) is 13.1. The molecule has 0 aliphatic heterocycles. The molecule has 2 nitrogen and oxygen atoms in total. The van der Waals surface area contributed by atoms with E-state index in [4.69, 9.17) is 0 Å². The van der Waals surface area contributed by atoms with Crippen molar-refractivity contribution < 1.29 is 14.3 Å². The second-order valence-electron chi connectivity index (χ2n) is 8.45. The average molecular weight is 389 g/mol. The van der Waals surface area contributed by atoms with E-state index in [0.717, 1.165) is 37.7 Å². The fraction of sp³-hybridized carbons (Fsp3) is 0.560. The van der Waals surface area contributed by atoms with E-state index >= 15 is 0 Å². The summed E-state index contributed by atoms with van der Waals surface area (Å²) in [6.45, 7) is 14.3. The SMILES string of the molecule is C=C(/C(C(=O)CCc1cccc(F)c1)=C(\O)C(C)(C)CCCCC)C(C)CC. The Morgan fingerprint density at radius 1 is 1.25 bits per heavy atom. The number of benzene rings is 1. The quantitative estimate of drug-likeness (QED) is 0.176. The molecule has 0 radical (unpaired) electrons. The minimum Gasteiger partial charge on any atom is -0.511 e. The van der Waals surface area contributed by atoms with Gasteiger partial charge in [0.1, 0.15) is 11.6 Å². The minimum atomic E-state index is -0.477. The van der Waals surface area contributed by atoms with Crippen LogP contribution in [-0.4, -0.2) is 10.9 Å². The molecule has 0 bridgehead atoms. The normalized spacial score (nSPS) is 13.8. The third-order valence-corrected chi connectivity index (χ3v) is 5.62. The molecule has 0 aromatic heterocycles. The molecule has 0 saturated carbocycles. The highest BCUT2D eigenvalue weighted by Gasteiger charge is 2.30. The van der Waals surface area contributed by atoms with E-state index in [2.05, 4.69) is 13.5 Å². The monoisotopic (exact) mass is 388 g/mol. The summed E-state index contributed by atoms with van der Waals surface area (Å²) >= 11 is 0. The molecule has 0 aliphatic rings. The van der Waals surface area contributed by atoms with Crippen LogP contribution in [0.5, 0.6) is 0 Å². The van der Waals surface area contributed by atoms with Gasteiger partial charge in [0.15, 0.2) is 5.78 Å². The first-order valence-electron chi connectivity index (χ1n) is 10.5. The molecule has 0 saturated heterocycles. The van der Waals surface area contributed by atoms with Crippen LogP contribution in [0.2, 0.25) is 0 Å². The molecule has 1 unspecified atom stereocenters. The van der Waals surface area contributed by atoms with E-state index < -0.39 is 5.41 Å². The number of halogens is 1. The van der Waals surface area contributed by atoms with Crippen LogP contribution in [0.3, 0.4) is 0 Å². The van der Waals surface area contributed by atoms with Crippen LogP contribution < -0.4 is 0 Å². The Labute approximate surface area is 170 Å². The fourth-order valence-electron chi connectivity index (χ4n) is 3.31. The largest absolute Gasteiger partial charge is 0.511 e. The Morgan fingerprint density at radius 2 is 1.93 bits per heavy atom. The molecule has 1 aromatic rings. The van der Waals surface area contributed by atoms with Crippen molar-refractivity contribution in [1.29, 1.82) is 0 Å². The maximum atomic E-state index is 13.4. The molecule has 1 aromatic carbocycles. The van der Waals surface area contributed by atoms with E-state index in [1.807, 2.05) is 33.8 Å². The molecule has 0 heterocycles. The van der Waals surface area contributed by atoms with Gasteiger partial charge in [0.05, 0.1) is 5.57 Å². The van der Waals surface area contributed by atoms with Gasteiger partial charge in [-0.05, 0) is 48.4 Å². The van der Waals surface area contributed by atoms with E-state index in [1.165, 1.54) is 12.1 Å². The lowest BCUT2D eigenvalue weighted by molar-refractivity contribution is -0.115. The zero-order chi connectivity index (χ0) is 21.3. The smallest absolute Gasteiger partial charge is 0.166 e. The number of unbranched alkanes of at least 4 members (excludes halogenated alkanes) is 2. The third kappa shape index (κ3) is 6.92. The Kier molecular flexibility index (Phi) is 9.64. The van der Waals surface area contributed by atoms with Gasteiger partial charge in [-0.2, -0.15) is 0 Å². The van der Waals surface area contributed by atoms with Gasteiger partial charge in [-0.15, -0.1) is 0 Å². The fourth-order valence-corrected chi connectivity index (χ4v) is 3.31. The Morgan fingerprint density at radius 3 is 2.50 bits per heavy atom. The lowest BCUT2D eigenvalue weighted by atomic mass is 9.78. The molecule has 0 amide bonds. The highest BCUT2D eigenvalue weighted by Crippen LogP contribution is 2.37. The molecular weight excluding hydrogens is 351 g/mol. The van der Waals surface area contributed by atoms with Crippen LogP contribution in [0.4, 0.5) is 4.39 Å². The van der Waals surface area contributed by atoms with Crippen LogP contribution in [-0.2, 0) is 11.2 Å². The molecule has 28 heavy (non-hydrogen) atoms. The lowest BCUT2D eigenvalue weighted by Crippen LogP contribution is -2.22. The van der Waals surface area contributed by atoms with Gasteiger partial charge in [0.25, 0.3) is 0 Å². The van der Waals surface area contributed by atoms with Crippen LogP contribution in [0.1, 0.15) is 78.7 Å². The van der Waals surface area contributed by atoms with Crippen LogP contribution in [0.15, 0.2) is 47.7 Å². The van der Waals surface area contributed by atoms with Crippen molar-refractivity contribution in [3.8, 4) is 0 Å². The molecule has 3 heteroatoms. The summed E-state index contributed by atoms with van der Waals surface area (Å²) in [7, 11) is 0. The number of allylic oxidation sites excluding steroid dienone is 3. The van der Waals surface area contributed by atoms with Crippen molar-refractivity contribution in [1.82, 2.24) is 0 Å². The highest BCUT2D eigenvalue weighted by molar-refractivity contribution is 6.00. The van der Waals surface area contributed by atoms with Crippen molar-refractivity contribution in [2.45, 2.75) is 79.6 Å². The number of carbonyl (C=O) groups excluding carboxylic acids is 1. The van der Waals surface area contributed by atoms with Gasteiger partial charge in [-0.25, -0.2) is 4.39 Å². The number of ketones is 1. The number of aliphatic hydroxyl groups excluding tert-OH is 1. The maximum Gasteiger partial charge on any atom is 0.166 e. The second kappa shape index (κ2) is 11.2. The summed E-state index contributed by atoms with van der Waals surface area (Å²) in [5, 5.41) is 11.1. The van der Waals surface area contributed by atoms with Crippen molar-refractivity contribution in [2.24, 2.45) is 11.3 Å². The predicted molar refractivity (Wildman–Crippen MR) is 116 cm³/mol. The van der Waals surface area contributed by atoms with Crippen LogP contribution in [0.25, 0.3) is 0 Å². The first-order chi connectivity index (χ1) is 13.1. The number of aliphatic hydroxyl groups is 1. The summed E-state index contributed by atoms with van der Waals surface area (Å²) in [6, 6.07) is 6.32. The van der Waals surface area contributed by atoms with E-state index in [0.29, 0.717) is 17.6 Å². The number of hydrogen-bond donors (Lipinski definition) is 1. The number of hydrogen-bond acceptors (Lipinski definition) is 2. The second-order valence-corrected chi connectivity index (χ2v) is 8.45. The van der Waals surface area contributed by atoms with Crippen LogP contribution in [0, 0.1) is 17.2 Å². The number of aryl methyl sites for hydroxylation is 1. The number of rotatable bonds is 12. The Bertz CT molecular complexity index is 700. The average Bonchev–Trinajstić information content (AvgIpc) is 2.65. The molecule has 1 atom stereocenters. The molecule has 0 aliphatic carbocycles. The zero-order valence-electron chi connectivity index (χ0n) is 18.3. The first kappa shape index (κ1) is 24.1. The summed E-state index contributed by atoms with van der Waals surface area (Å²) < 4.78 is 13.4. The maximum absolute atomic E-state index is 13.4. The minimum absolute atomic E-state index is 0.113. The topological polar surface area (TPSA) is 37.3 Å². The zero-order valence-corrected chi connectivity index (χ0v) is 18.3. The first-order valence-corrected chi connectivity index (χ1v) is 10.5.